The molecule has 0 spiro atoms. The van der Waals surface area contributed by atoms with E-state index in [9.17, 15) is 0 Å². The normalized spacial score (nSPS) is 31.7. The lowest BCUT2D eigenvalue weighted by molar-refractivity contribution is 0.164. The monoisotopic (exact) mass is 252 g/mol. The van der Waals surface area contributed by atoms with Crippen LogP contribution < -0.4 is 11.3 Å². The van der Waals surface area contributed by atoms with Crippen LogP contribution in [0.4, 0.5) is 0 Å². The number of nitrogens with one attached hydrogen (secondary N) is 1. The average Bonchev–Trinajstić information content (AvgIpc) is 2.93. The van der Waals surface area contributed by atoms with E-state index in [0.29, 0.717) is 6.04 Å². The van der Waals surface area contributed by atoms with Crippen molar-refractivity contribution >= 4 is 0 Å². The summed E-state index contributed by atoms with van der Waals surface area (Å²) in [5, 5.41) is 0. The van der Waals surface area contributed by atoms with Crippen LogP contribution in [-0.2, 0) is 0 Å². The van der Waals surface area contributed by atoms with Gasteiger partial charge < -0.3 is 0 Å². The maximum Gasteiger partial charge on any atom is 0.0241 e. The molecule has 2 aliphatic rings. The smallest absolute Gasteiger partial charge is 0.0241 e. The summed E-state index contributed by atoms with van der Waals surface area (Å²) in [7, 11) is 0. The standard InChI is InChI=1S/C16H32N2/c1-2-14-9-5-6-10-15(14)16(18-17)12-11-13-7-3-4-8-13/h13-16,18H,2-12,17H2,1H3. The van der Waals surface area contributed by atoms with Crippen molar-refractivity contribution in [1.82, 2.24) is 5.43 Å². The van der Waals surface area contributed by atoms with Crippen molar-refractivity contribution < 1.29 is 0 Å². The van der Waals surface area contributed by atoms with Crippen LogP contribution in [-0.4, -0.2) is 6.04 Å². The Morgan fingerprint density at radius 1 is 1.06 bits per heavy atom. The number of nitrogens with two attached hydrogens (primary N) is 1. The summed E-state index contributed by atoms with van der Waals surface area (Å²) in [4.78, 5) is 0. The van der Waals surface area contributed by atoms with E-state index in [-0.39, 0.29) is 0 Å². The summed E-state index contributed by atoms with van der Waals surface area (Å²) in [6.07, 6.45) is 15.6. The lowest BCUT2D eigenvalue weighted by Crippen LogP contribution is -2.44. The van der Waals surface area contributed by atoms with Crippen molar-refractivity contribution in [3.05, 3.63) is 0 Å². The molecule has 18 heavy (non-hydrogen) atoms. The summed E-state index contributed by atoms with van der Waals surface area (Å²) in [5.41, 5.74) is 3.16. The highest BCUT2D eigenvalue weighted by molar-refractivity contribution is 4.84. The molecule has 0 radical (unpaired) electrons. The fourth-order valence-electron chi connectivity index (χ4n) is 4.41. The molecule has 0 aromatic rings. The van der Waals surface area contributed by atoms with Crippen LogP contribution in [0.25, 0.3) is 0 Å². The van der Waals surface area contributed by atoms with Gasteiger partial charge in [0.1, 0.15) is 0 Å². The second-order valence-corrected chi connectivity index (χ2v) is 6.62. The molecule has 0 amide bonds. The molecule has 0 saturated heterocycles. The van der Waals surface area contributed by atoms with Gasteiger partial charge in [-0.3, -0.25) is 11.3 Å². The first kappa shape index (κ1) is 14.3. The highest BCUT2D eigenvalue weighted by Gasteiger charge is 2.30. The van der Waals surface area contributed by atoms with Gasteiger partial charge in [0.05, 0.1) is 0 Å². The molecular weight excluding hydrogens is 220 g/mol. The van der Waals surface area contributed by atoms with Crippen molar-refractivity contribution in [3.8, 4) is 0 Å². The predicted octanol–water partition coefficient (Wildman–Crippen LogP) is 4.01. The van der Waals surface area contributed by atoms with E-state index in [1.54, 1.807) is 0 Å². The minimum Gasteiger partial charge on any atom is -0.271 e. The highest BCUT2D eigenvalue weighted by atomic mass is 15.2. The molecule has 3 unspecified atom stereocenters. The van der Waals surface area contributed by atoms with Crippen LogP contribution >= 0.6 is 0 Å². The molecule has 2 nitrogen and oxygen atoms in total. The van der Waals surface area contributed by atoms with Gasteiger partial charge in [-0.15, -0.1) is 0 Å². The molecule has 2 heteroatoms. The molecule has 106 valence electrons. The average molecular weight is 252 g/mol. The van der Waals surface area contributed by atoms with Gasteiger partial charge in [0.2, 0.25) is 0 Å². The number of hydrogen-bond acceptors (Lipinski definition) is 2. The fourth-order valence-corrected chi connectivity index (χ4v) is 4.41. The second-order valence-electron chi connectivity index (χ2n) is 6.62. The maximum atomic E-state index is 5.86. The lowest BCUT2D eigenvalue weighted by Gasteiger charge is -2.37. The topological polar surface area (TPSA) is 38.0 Å². The van der Waals surface area contributed by atoms with Crippen LogP contribution in [0.5, 0.6) is 0 Å². The highest BCUT2D eigenvalue weighted by Crippen LogP contribution is 2.37. The Morgan fingerprint density at radius 2 is 1.72 bits per heavy atom. The van der Waals surface area contributed by atoms with Crippen molar-refractivity contribution in [2.75, 3.05) is 0 Å². The van der Waals surface area contributed by atoms with E-state index in [2.05, 4.69) is 12.3 Å². The molecule has 2 aliphatic carbocycles. The molecule has 2 saturated carbocycles. The molecule has 0 aromatic carbocycles. The fraction of sp³-hybridized carbons (Fsp3) is 1.00. The Balaban J connectivity index is 1.81. The Hall–Kier alpha value is -0.0800. The zero-order valence-electron chi connectivity index (χ0n) is 12.2. The van der Waals surface area contributed by atoms with Gasteiger partial charge in [-0.2, -0.15) is 0 Å². The molecule has 0 aromatic heterocycles. The first-order chi connectivity index (χ1) is 8.85. The summed E-state index contributed by atoms with van der Waals surface area (Å²) in [5.74, 6) is 8.62. The van der Waals surface area contributed by atoms with E-state index >= 15 is 0 Å². The first-order valence-corrected chi connectivity index (χ1v) is 8.31. The van der Waals surface area contributed by atoms with Crippen molar-refractivity contribution in [1.29, 1.82) is 0 Å². The largest absolute Gasteiger partial charge is 0.271 e. The van der Waals surface area contributed by atoms with Crippen LogP contribution in [0.3, 0.4) is 0 Å². The number of hydrazine groups is 1. The van der Waals surface area contributed by atoms with E-state index in [0.717, 1.165) is 17.8 Å². The summed E-state index contributed by atoms with van der Waals surface area (Å²) >= 11 is 0. The van der Waals surface area contributed by atoms with Crippen molar-refractivity contribution in [2.24, 2.45) is 23.6 Å². The van der Waals surface area contributed by atoms with Gasteiger partial charge in [0.25, 0.3) is 0 Å². The van der Waals surface area contributed by atoms with Gasteiger partial charge >= 0.3 is 0 Å². The second kappa shape index (κ2) is 7.49. The third-order valence-corrected chi connectivity index (χ3v) is 5.58. The third-order valence-electron chi connectivity index (χ3n) is 5.58. The molecule has 3 atom stereocenters. The van der Waals surface area contributed by atoms with Crippen LogP contribution in [0, 0.1) is 17.8 Å². The summed E-state index contributed by atoms with van der Waals surface area (Å²) < 4.78 is 0. The summed E-state index contributed by atoms with van der Waals surface area (Å²) in [6, 6.07) is 0.579. The van der Waals surface area contributed by atoms with Gasteiger partial charge in [-0.25, -0.2) is 0 Å². The zero-order valence-corrected chi connectivity index (χ0v) is 12.2. The molecule has 0 bridgehead atoms. The SMILES string of the molecule is CCC1CCCCC1C(CCC1CCCC1)NN. The van der Waals surface area contributed by atoms with E-state index < -0.39 is 0 Å². The lowest BCUT2D eigenvalue weighted by atomic mass is 9.73. The Labute approximate surface area is 113 Å². The van der Waals surface area contributed by atoms with Crippen LogP contribution in [0.15, 0.2) is 0 Å². The van der Waals surface area contributed by atoms with E-state index in [4.69, 9.17) is 5.84 Å². The predicted molar refractivity (Wildman–Crippen MR) is 78.0 cm³/mol. The third kappa shape index (κ3) is 3.71. The molecule has 0 aliphatic heterocycles. The minimum atomic E-state index is 0.579. The van der Waals surface area contributed by atoms with Gasteiger partial charge in [-0.1, -0.05) is 58.3 Å². The summed E-state index contributed by atoms with van der Waals surface area (Å²) in [6.45, 7) is 2.35. The Morgan fingerprint density at radius 3 is 2.39 bits per heavy atom. The Bertz CT molecular complexity index is 223. The van der Waals surface area contributed by atoms with Crippen LogP contribution in [0.2, 0.25) is 0 Å². The molecule has 2 fully saturated rings. The van der Waals surface area contributed by atoms with Gasteiger partial charge in [0, 0.05) is 6.04 Å². The molecule has 3 N–H and O–H groups in total. The van der Waals surface area contributed by atoms with E-state index in [1.165, 1.54) is 70.6 Å². The van der Waals surface area contributed by atoms with Crippen LogP contribution in [0.1, 0.15) is 77.6 Å². The molecule has 2 rings (SSSR count). The van der Waals surface area contributed by atoms with Crippen molar-refractivity contribution in [3.63, 3.8) is 0 Å². The first-order valence-electron chi connectivity index (χ1n) is 8.31. The molecule has 0 heterocycles. The van der Waals surface area contributed by atoms with Gasteiger partial charge in [-0.05, 0) is 37.0 Å². The van der Waals surface area contributed by atoms with Crippen molar-refractivity contribution in [2.45, 2.75) is 83.6 Å². The zero-order chi connectivity index (χ0) is 12.8. The minimum absolute atomic E-state index is 0.579. The quantitative estimate of drug-likeness (QED) is 0.554. The number of rotatable bonds is 6. The number of hydrogen-bond donors (Lipinski definition) is 2. The van der Waals surface area contributed by atoms with Gasteiger partial charge in [0.15, 0.2) is 0 Å². The Kier molecular flexibility index (Phi) is 5.97. The molecular formula is C16H32N2. The van der Waals surface area contributed by atoms with E-state index in [1.807, 2.05) is 0 Å². The maximum absolute atomic E-state index is 5.86.